The molecule has 1 aliphatic carbocycles. The lowest BCUT2D eigenvalue weighted by Crippen LogP contribution is -2.28. The lowest BCUT2D eigenvalue weighted by atomic mass is 9.77. The van der Waals surface area contributed by atoms with Crippen LogP contribution in [0.5, 0.6) is 0 Å². The van der Waals surface area contributed by atoms with Crippen molar-refractivity contribution in [2.45, 2.75) is 51.2 Å². The van der Waals surface area contributed by atoms with Gasteiger partial charge in [0, 0.05) is 18.6 Å². The molecule has 5 heterocycles. The number of pyridine rings is 1. The molecular weight excluding hydrogens is 444 g/mol. The van der Waals surface area contributed by atoms with Gasteiger partial charge in [0.05, 0.1) is 41.2 Å². The number of fused-ring (bicyclic) bond motifs is 1. The second-order valence-electron chi connectivity index (χ2n) is 10.0. The minimum absolute atomic E-state index is 0.368. The lowest BCUT2D eigenvalue weighted by molar-refractivity contribution is 0.0577. The number of H-pyrrole nitrogens is 1. The molecule has 10 heteroatoms. The minimum Gasteiger partial charge on any atom is -0.389 e. The summed E-state index contributed by atoms with van der Waals surface area (Å²) < 4.78 is 7.32. The van der Waals surface area contributed by atoms with Crippen molar-refractivity contribution in [1.82, 2.24) is 39.9 Å². The average molecular weight is 471 g/mol. The third-order valence-corrected chi connectivity index (χ3v) is 6.60. The standard InChI is InChI=1S/C25H26N8O2/c1-24(2,34)14-33-13-15(10-29-33)22-31-23(32-35-22)25(3,16-4-5-16)17-6-7-18(27-11-17)20-12-28-21-19(30-20)8-9-26-21/h6-13,16,34H,4-5,14H2,1-3H3,(H,26,28). The number of rotatable bonds is 7. The molecule has 5 aromatic rings. The van der Waals surface area contributed by atoms with E-state index in [9.17, 15) is 5.11 Å². The van der Waals surface area contributed by atoms with Gasteiger partial charge in [0.2, 0.25) is 0 Å². The fraction of sp³-hybridized carbons (Fsp3) is 0.360. The quantitative estimate of drug-likeness (QED) is 0.368. The van der Waals surface area contributed by atoms with Crippen molar-refractivity contribution >= 4 is 11.2 Å². The average Bonchev–Trinajstić information content (AvgIpc) is 3.21. The molecule has 2 N–H and O–H groups in total. The number of aliphatic hydroxyl groups is 1. The first kappa shape index (κ1) is 21.6. The van der Waals surface area contributed by atoms with Crippen molar-refractivity contribution in [3.63, 3.8) is 0 Å². The lowest BCUT2D eigenvalue weighted by Gasteiger charge is -2.26. The number of nitrogens with one attached hydrogen (secondary N) is 1. The Hall–Kier alpha value is -3.92. The van der Waals surface area contributed by atoms with E-state index in [4.69, 9.17) is 14.5 Å². The fourth-order valence-corrected chi connectivity index (χ4v) is 4.52. The molecule has 1 fully saturated rings. The molecule has 0 aliphatic heterocycles. The van der Waals surface area contributed by atoms with Crippen molar-refractivity contribution in [2.24, 2.45) is 5.92 Å². The molecule has 0 bridgehead atoms. The predicted molar refractivity (Wildman–Crippen MR) is 128 cm³/mol. The zero-order valence-corrected chi connectivity index (χ0v) is 19.8. The fourth-order valence-electron chi connectivity index (χ4n) is 4.52. The summed E-state index contributed by atoms with van der Waals surface area (Å²) in [5, 5.41) is 18.7. The van der Waals surface area contributed by atoms with Crippen LogP contribution in [0.25, 0.3) is 34.0 Å². The van der Waals surface area contributed by atoms with E-state index >= 15 is 0 Å². The van der Waals surface area contributed by atoms with Gasteiger partial charge in [-0.2, -0.15) is 10.1 Å². The van der Waals surface area contributed by atoms with E-state index in [0.717, 1.165) is 46.5 Å². The Labute approximate surface area is 201 Å². The molecule has 0 radical (unpaired) electrons. The van der Waals surface area contributed by atoms with Gasteiger partial charge in [-0.15, -0.1) is 0 Å². The molecule has 6 rings (SSSR count). The Morgan fingerprint density at radius 2 is 1.91 bits per heavy atom. The van der Waals surface area contributed by atoms with Crippen LogP contribution in [0, 0.1) is 5.92 Å². The van der Waals surface area contributed by atoms with E-state index in [1.165, 1.54) is 0 Å². The first-order valence-corrected chi connectivity index (χ1v) is 11.7. The molecular formula is C25H26N8O2. The molecule has 1 atom stereocenters. The first-order chi connectivity index (χ1) is 16.8. The highest BCUT2D eigenvalue weighted by atomic mass is 16.5. The van der Waals surface area contributed by atoms with Gasteiger partial charge in [-0.05, 0) is 57.2 Å². The third-order valence-electron chi connectivity index (χ3n) is 6.60. The van der Waals surface area contributed by atoms with Crippen LogP contribution in [0.4, 0.5) is 0 Å². The molecule has 1 unspecified atom stereocenters. The number of aromatic amines is 1. The summed E-state index contributed by atoms with van der Waals surface area (Å²) in [6.45, 7) is 6.00. The minimum atomic E-state index is -0.869. The molecule has 35 heavy (non-hydrogen) atoms. The van der Waals surface area contributed by atoms with Crippen molar-refractivity contribution in [2.75, 3.05) is 0 Å². The van der Waals surface area contributed by atoms with Crippen LogP contribution in [-0.4, -0.2) is 50.6 Å². The molecule has 0 amide bonds. The normalized spacial score (nSPS) is 16.0. The topological polar surface area (TPSA) is 131 Å². The highest BCUT2D eigenvalue weighted by molar-refractivity contribution is 5.73. The summed E-state index contributed by atoms with van der Waals surface area (Å²) in [5.74, 6) is 1.45. The van der Waals surface area contributed by atoms with Crippen molar-refractivity contribution < 1.29 is 9.63 Å². The molecule has 10 nitrogen and oxygen atoms in total. The van der Waals surface area contributed by atoms with Gasteiger partial charge in [-0.3, -0.25) is 9.67 Å². The van der Waals surface area contributed by atoms with E-state index < -0.39 is 11.0 Å². The molecule has 5 aromatic heterocycles. The monoisotopic (exact) mass is 470 g/mol. The van der Waals surface area contributed by atoms with E-state index in [-0.39, 0.29) is 0 Å². The van der Waals surface area contributed by atoms with Gasteiger partial charge in [0.1, 0.15) is 11.2 Å². The summed E-state index contributed by atoms with van der Waals surface area (Å²) >= 11 is 0. The van der Waals surface area contributed by atoms with Crippen molar-refractivity contribution in [3.8, 4) is 22.8 Å². The number of nitrogens with zero attached hydrogens (tertiary/aromatic N) is 7. The Balaban J connectivity index is 1.30. The van der Waals surface area contributed by atoms with Crippen LogP contribution >= 0.6 is 0 Å². The summed E-state index contributed by atoms with van der Waals surface area (Å²) in [5.41, 5.74) is 3.50. The Kier molecular flexibility index (Phi) is 4.82. The van der Waals surface area contributed by atoms with Crippen molar-refractivity contribution in [1.29, 1.82) is 0 Å². The predicted octanol–water partition coefficient (Wildman–Crippen LogP) is 3.75. The van der Waals surface area contributed by atoms with E-state index in [2.05, 4.69) is 38.2 Å². The Bertz CT molecular complexity index is 1490. The van der Waals surface area contributed by atoms with Crippen LogP contribution < -0.4 is 0 Å². The van der Waals surface area contributed by atoms with Crippen LogP contribution in [0.1, 0.15) is 45.0 Å². The van der Waals surface area contributed by atoms with E-state index in [0.29, 0.717) is 24.2 Å². The molecule has 0 spiro atoms. The second-order valence-corrected chi connectivity index (χ2v) is 10.0. The van der Waals surface area contributed by atoms with Gasteiger partial charge in [-0.1, -0.05) is 11.2 Å². The zero-order chi connectivity index (χ0) is 24.2. The zero-order valence-electron chi connectivity index (χ0n) is 19.8. The molecule has 178 valence electrons. The molecule has 1 aliphatic rings. The highest BCUT2D eigenvalue weighted by Gasteiger charge is 2.47. The second kappa shape index (κ2) is 7.81. The number of hydrogen-bond acceptors (Lipinski definition) is 8. The maximum Gasteiger partial charge on any atom is 0.261 e. The van der Waals surface area contributed by atoms with Crippen LogP contribution in [0.3, 0.4) is 0 Å². The van der Waals surface area contributed by atoms with Crippen LogP contribution in [-0.2, 0) is 12.0 Å². The van der Waals surface area contributed by atoms with E-state index in [1.54, 1.807) is 30.9 Å². The summed E-state index contributed by atoms with van der Waals surface area (Å²) in [4.78, 5) is 21.6. The van der Waals surface area contributed by atoms with Crippen LogP contribution in [0.2, 0.25) is 0 Å². The van der Waals surface area contributed by atoms with Gasteiger partial charge in [-0.25, -0.2) is 9.97 Å². The smallest absolute Gasteiger partial charge is 0.261 e. The number of aromatic nitrogens is 8. The SMILES string of the molecule is CC(C)(O)Cn1cc(-c2nc(C(C)(c3ccc(-c4cnc5[nH]ccc5n4)nc3)C3CC3)no2)cn1. The van der Waals surface area contributed by atoms with E-state index in [1.807, 2.05) is 30.7 Å². The van der Waals surface area contributed by atoms with Crippen molar-refractivity contribution in [3.05, 3.63) is 60.6 Å². The summed E-state index contributed by atoms with van der Waals surface area (Å²) in [6.07, 6.45) is 11.1. The molecule has 1 saturated carbocycles. The summed E-state index contributed by atoms with van der Waals surface area (Å²) in [6, 6.07) is 5.94. The van der Waals surface area contributed by atoms with Crippen LogP contribution in [0.15, 0.2) is 53.7 Å². The largest absolute Gasteiger partial charge is 0.389 e. The maximum absolute atomic E-state index is 10.1. The first-order valence-electron chi connectivity index (χ1n) is 11.7. The molecule has 0 aromatic carbocycles. The highest BCUT2D eigenvalue weighted by Crippen LogP contribution is 2.50. The Morgan fingerprint density at radius 3 is 2.66 bits per heavy atom. The third kappa shape index (κ3) is 3.99. The van der Waals surface area contributed by atoms with Gasteiger partial charge < -0.3 is 14.6 Å². The molecule has 0 saturated heterocycles. The Morgan fingerprint density at radius 1 is 1.06 bits per heavy atom. The summed E-state index contributed by atoms with van der Waals surface area (Å²) in [7, 11) is 0. The number of hydrogen-bond donors (Lipinski definition) is 2. The maximum atomic E-state index is 10.1. The van der Waals surface area contributed by atoms with Gasteiger partial charge in [0.25, 0.3) is 5.89 Å². The van der Waals surface area contributed by atoms with Gasteiger partial charge in [0.15, 0.2) is 11.5 Å². The van der Waals surface area contributed by atoms with Gasteiger partial charge >= 0.3 is 0 Å².